The third kappa shape index (κ3) is 5.77. The zero-order valence-corrected chi connectivity index (χ0v) is 26.1. The van der Waals surface area contributed by atoms with Gasteiger partial charge in [-0.05, 0) is 66.7 Å². The molecule has 0 spiro atoms. The van der Waals surface area contributed by atoms with Crippen molar-refractivity contribution in [1.82, 2.24) is 0 Å². The summed E-state index contributed by atoms with van der Waals surface area (Å²) in [4.78, 5) is 4.03. The molecule has 0 radical (unpaired) electrons. The number of rotatable bonds is 8. The van der Waals surface area contributed by atoms with Gasteiger partial charge in [0.1, 0.15) is 5.75 Å². The Morgan fingerprint density at radius 2 is 0.936 bits per heavy atom. The molecule has 10 heteroatoms. The molecule has 0 unspecified atom stereocenters. The van der Waals surface area contributed by atoms with E-state index in [4.69, 9.17) is 4.18 Å². The first-order valence-electron chi connectivity index (χ1n) is 14.5. The molecule has 7 rings (SSSR count). The second-order valence-electron chi connectivity index (χ2n) is 10.6. The zero-order valence-electron chi connectivity index (χ0n) is 24.5. The lowest BCUT2D eigenvalue weighted by molar-refractivity contribution is -0.0500. The first-order chi connectivity index (χ1) is 22.7. The maximum absolute atomic E-state index is 13.5. The van der Waals surface area contributed by atoms with E-state index in [9.17, 15) is 21.6 Å². The molecule has 47 heavy (non-hydrogen) atoms. The van der Waals surface area contributed by atoms with Gasteiger partial charge in [0.2, 0.25) is 0 Å². The van der Waals surface area contributed by atoms with Gasteiger partial charge in [-0.2, -0.15) is 21.6 Å². The number of nitrogens with zero attached hydrogens (tertiary/aromatic N) is 2. The molecule has 0 saturated carbocycles. The van der Waals surface area contributed by atoms with Crippen molar-refractivity contribution in [2.75, 3.05) is 9.80 Å². The van der Waals surface area contributed by atoms with Crippen molar-refractivity contribution in [2.24, 2.45) is 0 Å². The molecule has 1 aromatic heterocycles. The van der Waals surface area contributed by atoms with Crippen LogP contribution in [0, 0.1) is 0 Å². The van der Waals surface area contributed by atoms with E-state index in [0.29, 0.717) is 10.4 Å². The Kier molecular flexibility index (Phi) is 7.83. The van der Waals surface area contributed by atoms with Crippen LogP contribution >= 0.6 is 11.3 Å². The van der Waals surface area contributed by atoms with Crippen LogP contribution in [0.3, 0.4) is 0 Å². The highest BCUT2D eigenvalue weighted by molar-refractivity contribution is 7.88. The molecular formula is C37H25F3N2O3S2. The highest BCUT2D eigenvalue weighted by Crippen LogP contribution is 2.51. The third-order valence-corrected chi connectivity index (χ3v) is 9.64. The quantitative estimate of drug-likeness (QED) is 0.119. The number of benzene rings is 6. The molecule has 0 aliphatic carbocycles. The van der Waals surface area contributed by atoms with Crippen LogP contribution in [0.4, 0.5) is 47.3 Å². The number of halogens is 3. The maximum atomic E-state index is 13.5. The molecule has 6 aromatic carbocycles. The average molecular weight is 667 g/mol. The van der Waals surface area contributed by atoms with E-state index in [0.717, 1.165) is 43.9 Å². The molecule has 0 aliphatic heterocycles. The van der Waals surface area contributed by atoms with Crippen molar-refractivity contribution in [3.8, 4) is 5.75 Å². The summed E-state index contributed by atoms with van der Waals surface area (Å²) in [5.74, 6) is -0.447. The lowest BCUT2D eigenvalue weighted by Gasteiger charge is -2.29. The number of hydrogen-bond acceptors (Lipinski definition) is 6. The lowest BCUT2D eigenvalue weighted by Crippen LogP contribution is -2.28. The van der Waals surface area contributed by atoms with Gasteiger partial charge in [-0.3, -0.25) is 0 Å². The monoisotopic (exact) mass is 666 g/mol. The smallest absolute Gasteiger partial charge is 0.376 e. The molecule has 7 aromatic rings. The summed E-state index contributed by atoms with van der Waals surface area (Å²) in [6, 6.07) is 47.1. The summed E-state index contributed by atoms with van der Waals surface area (Å²) >= 11 is 1.34. The van der Waals surface area contributed by atoms with Gasteiger partial charge < -0.3 is 14.0 Å². The molecule has 1 heterocycles. The van der Waals surface area contributed by atoms with Gasteiger partial charge in [0.15, 0.2) is 0 Å². The largest absolute Gasteiger partial charge is 0.534 e. The Morgan fingerprint density at radius 3 is 1.38 bits per heavy atom. The van der Waals surface area contributed by atoms with Crippen LogP contribution < -0.4 is 14.0 Å². The first kappa shape index (κ1) is 30.3. The molecule has 0 fully saturated rings. The van der Waals surface area contributed by atoms with E-state index >= 15 is 0 Å². The fourth-order valence-corrected chi connectivity index (χ4v) is 7.25. The van der Waals surface area contributed by atoms with Gasteiger partial charge in [-0.25, -0.2) is 0 Å². The van der Waals surface area contributed by atoms with Crippen LogP contribution in [0.25, 0.3) is 20.2 Å². The Balaban J connectivity index is 1.59. The maximum Gasteiger partial charge on any atom is 0.534 e. The minimum Gasteiger partial charge on any atom is -0.376 e. The summed E-state index contributed by atoms with van der Waals surface area (Å²) in [7, 11) is -5.94. The minimum atomic E-state index is -5.94. The van der Waals surface area contributed by atoms with E-state index in [1.165, 1.54) is 23.5 Å². The summed E-state index contributed by atoms with van der Waals surface area (Å²) < 4.78 is 71.2. The van der Waals surface area contributed by atoms with E-state index in [2.05, 4.69) is 4.90 Å². The van der Waals surface area contributed by atoms with E-state index < -0.39 is 21.4 Å². The molecule has 5 nitrogen and oxygen atoms in total. The number of thiophene rings is 1. The Labute approximate surface area is 273 Å². The van der Waals surface area contributed by atoms with Gasteiger partial charge in [0, 0.05) is 49.0 Å². The number of anilines is 6. The summed E-state index contributed by atoms with van der Waals surface area (Å²) in [6.07, 6.45) is 0. The van der Waals surface area contributed by atoms with Gasteiger partial charge in [0.05, 0.1) is 11.4 Å². The second kappa shape index (κ2) is 12.1. The third-order valence-electron chi connectivity index (χ3n) is 7.56. The van der Waals surface area contributed by atoms with Crippen LogP contribution in [0.1, 0.15) is 0 Å². The normalized spacial score (nSPS) is 11.9. The van der Waals surface area contributed by atoms with E-state index in [1.807, 2.05) is 144 Å². The highest BCUT2D eigenvalue weighted by atomic mass is 32.2. The van der Waals surface area contributed by atoms with Gasteiger partial charge in [-0.1, -0.05) is 78.9 Å². The van der Waals surface area contributed by atoms with E-state index in [1.54, 1.807) is 0 Å². The number of para-hydroxylation sites is 4. The molecule has 0 aliphatic rings. The van der Waals surface area contributed by atoms with Crippen molar-refractivity contribution in [2.45, 2.75) is 5.51 Å². The van der Waals surface area contributed by atoms with Crippen molar-refractivity contribution >= 4 is 75.8 Å². The molecule has 234 valence electrons. The highest BCUT2D eigenvalue weighted by Gasteiger charge is 2.48. The molecule has 0 atom stereocenters. The Bertz CT molecular complexity index is 2200. The predicted octanol–water partition coefficient (Wildman–Crippen LogP) is 11.2. The van der Waals surface area contributed by atoms with Crippen molar-refractivity contribution < 1.29 is 25.8 Å². The van der Waals surface area contributed by atoms with Crippen LogP contribution in [0.2, 0.25) is 0 Å². The van der Waals surface area contributed by atoms with E-state index in [-0.39, 0.29) is 0 Å². The topological polar surface area (TPSA) is 49.9 Å². The first-order valence-corrected chi connectivity index (χ1v) is 16.7. The van der Waals surface area contributed by atoms with Gasteiger partial charge >= 0.3 is 15.6 Å². The van der Waals surface area contributed by atoms with Gasteiger partial charge in [-0.15, -0.1) is 11.3 Å². The molecule has 0 amide bonds. The Hall–Kier alpha value is -5.32. The summed E-state index contributed by atoms with van der Waals surface area (Å²) in [6.45, 7) is 0. The van der Waals surface area contributed by atoms with Crippen LogP contribution in [-0.4, -0.2) is 13.9 Å². The minimum absolute atomic E-state index is 0.447. The second-order valence-corrected chi connectivity index (χ2v) is 13.2. The molecule has 0 bridgehead atoms. The molecular weight excluding hydrogens is 642 g/mol. The summed E-state index contributed by atoms with van der Waals surface area (Å²) in [5.41, 5.74) is -1.05. The fourth-order valence-electron chi connectivity index (χ4n) is 5.63. The SMILES string of the molecule is O=S(=O)(Oc1cc(N(c2ccccc2)c2ccccc2)c2c(c1)sc1cccc(N(c3ccccc3)c3ccccc3)c12)C(F)(F)F. The number of alkyl halides is 3. The Morgan fingerprint density at radius 1 is 0.511 bits per heavy atom. The van der Waals surface area contributed by atoms with Crippen molar-refractivity contribution in [3.63, 3.8) is 0 Å². The average Bonchev–Trinajstić information content (AvgIpc) is 3.46. The number of fused-ring (bicyclic) bond motifs is 3. The van der Waals surface area contributed by atoms with Crippen LogP contribution in [-0.2, 0) is 10.1 Å². The van der Waals surface area contributed by atoms with Crippen molar-refractivity contribution in [1.29, 1.82) is 0 Å². The number of hydrogen-bond donors (Lipinski definition) is 0. The fraction of sp³-hybridized carbons (Fsp3) is 0.0270. The van der Waals surface area contributed by atoms with Crippen LogP contribution in [0.15, 0.2) is 152 Å². The zero-order chi connectivity index (χ0) is 32.6. The standard InChI is InChI=1S/C37H25F3N2O3S2/c38-37(39,40)47(43,44)45-30-24-32(42(28-18-9-3-10-19-28)29-20-11-4-12-21-29)36-34(25-30)46-33-23-13-22-31(35(33)36)41(26-14-5-1-6-15-26)27-16-7-2-8-17-27/h1-25H. The molecule has 0 N–H and O–H groups in total. The lowest BCUT2D eigenvalue weighted by atomic mass is 10.0. The molecule has 0 saturated heterocycles. The van der Waals surface area contributed by atoms with Gasteiger partial charge in [0.25, 0.3) is 0 Å². The summed E-state index contributed by atoms with van der Waals surface area (Å²) in [5, 5.41) is 1.57. The predicted molar refractivity (Wildman–Crippen MR) is 184 cm³/mol. The van der Waals surface area contributed by atoms with Crippen LogP contribution in [0.5, 0.6) is 5.75 Å². The van der Waals surface area contributed by atoms with Crippen molar-refractivity contribution in [3.05, 3.63) is 152 Å².